The fourth-order valence-corrected chi connectivity index (χ4v) is 1.74. The molecule has 21 heavy (non-hydrogen) atoms. The molecule has 0 radical (unpaired) electrons. The van der Waals surface area contributed by atoms with Gasteiger partial charge in [0.05, 0.1) is 0 Å². The predicted octanol–water partition coefficient (Wildman–Crippen LogP) is 1.70. The molecular formula is C16H18N2O3. The van der Waals surface area contributed by atoms with Gasteiger partial charge in [-0.3, -0.25) is 0 Å². The normalized spacial score (nSPS) is 10.1. The van der Waals surface area contributed by atoms with E-state index in [0.29, 0.717) is 18.8 Å². The molecule has 0 fully saturated rings. The Morgan fingerprint density at radius 3 is 2.67 bits per heavy atom. The van der Waals surface area contributed by atoms with Crippen LogP contribution >= 0.6 is 0 Å². The summed E-state index contributed by atoms with van der Waals surface area (Å²) in [6.07, 6.45) is 0.676. The first-order chi connectivity index (χ1) is 10.3. The first-order valence-corrected chi connectivity index (χ1v) is 6.76. The number of rotatable bonds is 7. The summed E-state index contributed by atoms with van der Waals surface area (Å²) in [5.74, 6) is -0.0255. The van der Waals surface area contributed by atoms with Gasteiger partial charge in [0.25, 0.3) is 0 Å². The third kappa shape index (κ3) is 5.24. The van der Waals surface area contributed by atoms with Gasteiger partial charge in [-0.1, -0.05) is 36.4 Å². The largest absolute Gasteiger partial charge is 0.466 e. The minimum atomic E-state index is -0.426. The first-order valence-electron chi connectivity index (χ1n) is 6.76. The highest BCUT2D eigenvalue weighted by Crippen LogP contribution is 2.08. The maximum absolute atomic E-state index is 11.6. The van der Waals surface area contributed by atoms with E-state index in [2.05, 4.69) is 4.98 Å². The molecule has 0 aliphatic carbocycles. The number of carbonyl (C=O) groups excluding carboxylic acids is 1. The van der Waals surface area contributed by atoms with Crippen LogP contribution in [0.2, 0.25) is 0 Å². The Bertz CT molecular complexity index is 573. The molecule has 5 heteroatoms. The van der Waals surface area contributed by atoms with Crippen LogP contribution in [0.1, 0.15) is 11.3 Å². The molecule has 2 aromatic rings. The third-order valence-electron chi connectivity index (χ3n) is 2.76. The molecule has 5 nitrogen and oxygen atoms in total. The van der Waals surface area contributed by atoms with Crippen LogP contribution in [-0.2, 0) is 22.6 Å². The quantitative estimate of drug-likeness (QED) is 0.784. The van der Waals surface area contributed by atoms with Gasteiger partial charge in [-0.15, -0.1) is 0 Å². The van der Waals surface area contributed by atoms with E-state index in [0.717, 1.165) is 11.3 Å². The molecule has 110 valence electrons. The maximum atomic E-state index is 11.6. The Hall–Kier alpha value is -2.40. The second-order valence-electron chi connectivity index (χ2n) is 4.44. The lowest BCUT2D eigenvalue weighted by molar-refractivity contribution is -0.147. The Balaban J connectivity index is 1.77. The van der Waals surface area contributed by atoms with Crippen LogP contribution in [0.15, 0.2) is 48.5 Å². The van der Waals surface area contributed by atoms with Gasteiger partial charge in [-0.2, -0.15) is 0 Å². The second kappa shape index (κ2) is 8.01. The monoisotopic (exact) mass is 286 g/mol. The zero-order valence-corrected chi connectivity index (χ0v) is 11.7. The summed E-state index contributed by atoms with van der Waals surface area (Å²) in [6.45, 7) is 0.602. The van der Waals surface area contributed by atoms with Crippen molar-refractivity contribution in [3.8, 4) is 5.88 Å². The van der Waals surface area contributed by atoms with Crippen LogP contribution in [0, 0.1) is 0 Å². The number of pyridine rings is 1. The number of carbonyl (C=O) groups is 1. The Morgan fingerprint density at radius 2 is 1.90 bits per heavy atom. The number of ether oxygens (including phenoxy) is 2. The van der Waals surface area contributed by atoms with Gasteiger partial charge >= 0.3 is 5.97 Å². The minimum absolute atomic E-state index is 0.161. The Morgan fingerprint density at radius 1 is 1.10 bits per heavy atom. The number of hydrogen-bond acceptors (Lipinski definition) is 5. The molecule has 0 saturated heterocycles. The van der Waals surface area contributed by atoms with E-state index in [4.69, 9.17) is 15.2 Å². The minimum Gasteiger partial charge on any atom is -0.466 e. The summed E-state index contributed by atoms with van der Waals surface area (Å²) < 4.78 is 10.4. The fraction of sp³-hybridized carbons (Fsp3) is 0.250. The molecule has 1 aromatic heterocycles. The van der Waals surface area contributed by atoms with Gasteiger partial charge in [0.1, 0.15) is 6.61 Å². The fourth-order valence-electron chi connectivity index (χ4n) is 1.74. The highest BCUT2D eigenvalue weighted by molar-refractivity contribution is 5.71. The van der Waals surface area contributed by atoms with E-state index in [-0.39, 0.29) is 13.2 Å². The second-order valence-corrected chi connectivity index (χ2v) is 4.44. The summed E-state index contributed by atoms with van der Waals surface area (Å²) in [4.78, 5) is 15.8. The van der Waals surface area contributed by atoms with Gasteiger partial charge in [-0.05, 0) is 18.2 Å². The highest BCUT2D eigenvalue weighted by atomic mass is 16.6. The Labute approximate surface area is 123 Å². The molecule has 0 unspecified atom stereocenters. The number of aromatic nitrogens is 1. The molecule has 2 rings (SSSR count). The van der Waals surface area contributed by atoms with Crippen LogP contribution in [0.4, 0.5) is 0 Å². The van der Waals surface area contributed by atoms with E-state index >= 15 is 0 Å². The molecule has 0 aliphatic heterocycles. The van der Waals surface area contributed by atoms with Crippen molar-refractivity contribution in [2.75, 3.05) is 13.2 Å². The van der Waals surface area contributed by atoms with Gasteiger partial charge in [0.2, 0.25) is 5.88 Å². The zero-order chi connectivity index (χ0) is 14.9. The molecule has 0 amide bonds. The first kappa shape index (κ1) is 15.0. The lowest BCUT2D eigenvalue weighted by Gasteiger charge is -2.07. The molecule has 1 aromatic carbocycles. The summed E-state index contributed by atoms with van der Waals surface area (Å²) in [7, 11) is 0. The van der Waals surface area contributed by atoms with E-state index in [9.17, 15) is 4.79 Å². The van der Waals surface area contributed by atoms with Gasteiger partial charge < -0.3 is 15.2 Å². The van der Waals surface area contributed by atoms with Crippen molar-refractivity contribution >= 4 is 5.97 Å². The molecule has 0 saturated carbocycles. The standard InChI is InChI=1S/C16H18N2O3/c17-10-9-14-7-4-8-15(18-14)20-12-16(19)21-11-13-5-2-1-3-6-13/h1-8H,9-12,17H2. The zero-order valence-electron chi connectivity index (χ0n) is 11.7. The lowest BCUT2D eigenvalue weighted by Crippen LogP contribution is -2.15. The highest BCUT2D eigenvalue weighted by Gasteiger charge is 2.06. The van der Waals surface area contributed by atoms with Gasteiger partial charge in [-0.25, -0.2) is 9.78 Å². The smallest absolute Gasteiger partial charge is 0.344 e. The number of hydrogen-bond donors (Lipinski definition) is 1. The average molecular weight is 286 g/mol. The molecule has 0 atom stereocenters. The van der Waals surface area contributed by atoms with Crippen LogP contribution in [0.25, 0.3) is 0 Å². The van der Waals surface area contributed by atoms with Crippen molar-refractivity contribution in [1.82, 2.24) is 4.98 Å². The van der Waals surface area contributed by atoms with Crippen molar-refractivity contribution in [2.24, 2.45) is 5.73 Å². The molecule has 0 aliphatic rings. The van der Waals surface area contributed by atoms with E-state index in [1.165, 1.54) is 0 Å². The lowest BCUT2D eigenvalue weighted by atomic mass is 10.2. The molecule has 2 N–H and O–H groups in total. The number of esters is 1. The summed E-state index contributed by atoms with van der Waals surface area (Å²) >= 11 is 0. The van der Waals surface area contributed by atoms with Gasteiger partial charge in [0.15, 0.2) is 6.61 Å². The number of nitrogens with zero attached hydrogens (tertiary/aromatic N) is 1. The van der Waals surface area contributed by atoms with Crippen LogP contribution < -0.4 is 10.5 Å². The van der Waals surface area contributed by atoms with Crippen LogP contribution in [0.3, 0.4) is 0 Å². The van der Waals surface area contributed by atoms with Crippen molar-refractivity contribution < 1.29 is 14.3 Å². The van der Waals surface area contributed by atoms with Gasteiger partial charge in [0, 0.05) is 18.2 Å². The maximum Gasteiger partial charge on any atom is 0.344 e. The van der Waals surface area contributed by atoms with Crippen molar-refractivity contribution in [1.29, 1.82) is 0 Å². The van der Waals surface area contributed by atoms with Crippen molar-refractivity contribution in [3.63, 3.8) is 0 Å². The molecule has 1 heterocycles. The van der Waals surface area contributed by atoms with E-state index in [1.807, 2.05) is 42.5 Å². The van der Waals surface area contributed by atoms with E-state index in [1.54, 1.807) is 6.07 Å². The van der Waals surface area contributed by atoms with Crippen molar-refractivity contribution in [3.05, 3.63) is 59.8 Å². The van der Waals surface area contributed by atoms with Crippen LogP contribution in [0.5, 0.6) is 5.88 Å². The summed E-state index contributed by atoms with van der Waals surface area (Å²) in [5.41, 5.74) is 7.25. The molecular weight excluding hydrogens is 268 g/mol. The summed E-state index contributed by atoms with van der Waals surface area (Å²) in [5, 5.41) is 0. The summed E-state index contributed by atoms with van der Waals surface area (Å²) in [6, 6.07) is 14.9. The van der Waals surface area contributed by atoms with Crippen LogP contribution in [-0.4, -0.2) is 24.1 Å². The SMILES string of the molecule is NCCc1cccc(OCC(=O)OCc2ccccc2)n1. The topological polar surface area (TPSA) is 74.4 Å². The number of nitrogens with two attached hydrogens (primary N) is 1. The van der Waals surface area contributed by atoms with E-state index < -0.39 is 5.97 Å². The average Bonchev–Trinajstić information content (AvgIpc) is 2.53. The third-order valence-corrected chi connectivity index (χ3v) is 2.76. The van der Waals surface area contributed by atoms with Crippen molar-refractivity contribution in [2.45, 2.75) is 13.0 Å². The Kier molecular flexibility index (Phi) is 5.72. The molecule has 0 spiro atoms. The number of benzene rings is 1. The predicted molar refractivity (Wildman–Crippen MR) is 78.7 cm³/mol. The molecule has 0 bridgehead atoms.